The lowest BCUT2D eigenvalue weighted by Crippen LogP contribution is -2.23. The van der Waals surface area contributed by atoms with E-state index in [1.807, 2.05) is 37.3 Å². The summed E-state index contributed by atoms with van der Waals surface area (Å²) in [4.78, 5) is 16.0. The summed E-state index contributed by atoms with van der Waals surface area (Å²) in [6.45, 7) is 5.84. The quantitative estimate of drug-likeness (QED) is 0.367. The standard InChI is InChI=1S/C21H20N4OS2/c1-3-12-27-21-23-22-20-24(15-10-6-4-8-13(15)2)18(26)17-14-9-5-7-11-16(14)28-19(17)25(20)21/h3-4,6,8,10H,1,5,7,9,11-12H2,2H3. The summed E-state index contributed by atoms with van der Waals surface area (Å²) in [5.74, 6) is 1.33. The molecule has 0 unspecified atom stereocenters. The van der Waals surface area contributed by atoms with Gasteiger partial charge in [0.05, 0.1) is 11.1 Å². The first-order valence-electron chi connectivity index (χ1n) is 9.44. The number of aryl methyl sites for hydroxylation is 3. The van der Waals surface area contributed by atoms with Gasteiger partial charge in [-0.2, -0.15) is 0 Å². The van der Waals surface area contributed by atoms with Crippen molar-refractivity contribution in [3.05, 3.63) is 63.3 Å². The zero-order valence-corrected chi connectivity index (χ0v) is 17.3. The van der Waals surface area contributed by atoms with Gasteiger partial charge >= 0.3 is 0 Å². The van der Waals surface area contributed by atoms with Crippen LogP contribution in [0.1, 0.15) is 28.8 Å². The molecule has 0 N–H and O–H groups in total. The van der Waals surface area contributed by atoms with Gasteiger partial charge in [-0.1, -0.05) is 36.0 Å². The molecule has 3 heterocycles. The van der Waals surface area contributed by atoms with Crippen molar-refractivity contribution >= 4 is 39.1 Å². The molecule has 0 atom stereocenters. The van der Waals surface area contributed by atoms with Gasteiger partial charge in [0.25, 0.3) is 5.56 Å². The van der Waals surface area contributed by atoms with Crippen LogP contribution in [0.3, 0.4) is 0 Å². The molecule has 28 heavy (non-hydrogen) atoms. The highest BCUT2D eigenvalue weighted by molar-refractivity contribution is 7.99. The summed E-state index contributed by atoms with van der Waals surface area (Å²) in [6.07, 6.45) is 6.22. The minimum atomic E-state index is 0.0175. The lowest BCUT2D eigenvalue weighted by Gasteiger charge is -2.13. The Morgan fingerprint density at radius 1 is 1.25 bits per heavy atom. The van der Waals surface area contributed by atoms with Gasteiger partial charge in [0, 0.05) is 10.6 Å². The minimum absolute atomic E-state index is 0.0175. The lowest BCUT2D eigenvalue weighted by atomic mass is 9.97. The average molecular weight is 409 g/mol. The fraction of sp³-hybridized carbons (Fsp3) is 0.286. The molecule has 0 fully saturated rings. The second-order valence-electron chi connectivity index (χ2n) is 7.04. The molecule has 1 aliphatic carbocycles. The largest absolute Gasteiger partial charge is 0.268 e. The van der Waals surface area contributed by atoms with Crippen LogP contribution in [-0.4, -0.2) is 24.9 Å². The van der Waals surface area contributed by atoms with E-state index in [-0.39, 0.29) is 5.56 Å². The third kappa shape index (κ3) is 2.57. The summed E-state index contributed by atoms with van der Waals surface area (Å²) < 4.78 is 3.81. The predicted molar refractivity (Wildman–Crippen MR) is 116 cm³/mol. The van der Waals surface area contributed by atoms with Crippen LogP contribution in [0.5, 0.6) is 0 Å². The van der Waals surface area contributed by atoms with Crippen molar-refractivity contribution in [2.75, 3.05) is 5.75 Å². The van der Waals surface area contributed by atoms with Crippen molar-refractivity contribution in [2.24, 2.45) is 0 Å². The number of rotatable bonds is 4. The van der Waals surface area contributed by atoms with Gasteiger partial charge in [0.2, 0.25) is 5.78 Å². The Kier molecular flexibility index (Phi) is 4.36. The summed E-state index contributed by atoms with van der Waals surface area (Å²) in [5.41, 5.74) is 3.15. The van der Waals surface area contributed by atoms with Crippen LogP contribution in [0, 0.1) is 6.92 Å². The molecule has 0 saturated carbocycles. The first-order valence-corrected chi connectivity index (χ1v) is 11.2. The molecule has 0 aliphatic heterocycles. The summed E-state index contributed by atoms with van der Waals surface area (Å²) >= 11 is 3.33. The Balaban J connectivity index is 1.95. The van der Waals surface area contributed by atoms with Gasteiger partial charge in [0.1, 0.15) is 4.83 Å². The molecule has 0 bridgehead atoms. The number of para-hydroxylation sites is 1. The number of benzene rings is 1. The Hall–Kier alpha value is -2.38. The van der Waals surface area contributed by atoms with Crippen molar-refractivity contribution in [1.82, 2.24) is 19.2 Å². The van der Waals surface area contributed by atoms with E-state index >= 15 is 0 Å². The summed E-state index contributed by atoms with van der Waals surface area (Å²) in [6, 6.07) is 7.95. The second-order valence-corrected chi connectivity index (χ2v) is 9.11. The molecular weight excluding hydrogens is 388 g/mol. The lowest BCUT2D eigenvalue weighted by molar-refractivity contribution is 0.699. The molecule has 4 aromatic rings. The van der Waals surface area contributed by atoms with Crippen LogP contribution in [0.4, 0.5) is 0 Å². The van der Waals surface area contributed by atoms with Gasteiger partial charge in [-0.25, -0.2) is 8.97 Å². The fourth-order valence-corrected chi connectivity index (χ4v) is 6.08. The molecule has 0 amide bonds. The molecule has 5 nitrogen and oxygen atoms in total. The molecule has 1 aromatic carbocycles. The molecule has 0 saturated heterocycles. The highest BCUT2D eigenvalue weighted by atomic mass is 32.2. The maximum absolute atomic E-state index is 13.7. The summed E-state index contributed by atoms with van der Waals surface area (Å²) in [7, 11) is 0. The van der Waals surface area contributed by atoms with E-state index in [4.69, 9.17) is 0 Å². The van der Waals surface area contributed by atoms with Crippen molar-refractivity contribution < 1.29 is 0 Å². The average Bonchev–Trinajstić information content (AvgIpc) is 3.29. The third-order valence-corrected chi connectivity index (χ3v) is 7.48. The molecule has 1 aliphatic rings. The monoisotopic (exact) mass is 408 g/mol. The minimum Gasteiger partial charge on any atom is -0.268 e. The first kappa shape index (κ1) is 17.7. The highest BCUT2D eigenvalue weighted by Gasteiger charge is 2.25. The van der Waals surface area contributed by atoms with E-state index in [1.165, 1.54) is 16.9 Å². The van der Waals surface area contributed by atoms with E-state index in [0.717, 1.165) is 51.6 Å². The normalized spacial score (nSPS) is 13.9. The first-order chi connectivity index (χ1) is 13.7. The van der Waals surface area contributed by atoms with Gasteiger partial charge in [-0.05, 0) is 49.8 Å². The number of fused-ring (bicyclic) bond motifs is 5. The van der Waals surface area contributed by atoms with Crippen molar-refractivity contribution in [3.8, 4) is 5.69 Å². The fourth-order valence-electron chi connectivity index (χ4n) is 3.98. The number of aromatic nitrogens is 4. The van der Waals surface area contributed by atoms with E-state index in [2.05, 4.69) is 21.2 Å². The number of hydrogen-bond donors (Lipinski definition) is 0. The van der Waals surface area contributed by atoms with E-state index in [9.17, 15) is 4.79 Å². The SMILES string of the molecule is C=CCSc1nnc2n(-c3ccccc3C)c(=O)c3c4c(sc3n12)CCCC4. The Morgan fingerprint density at radius 3 is 2.89 bits per heavy atom. The van der Waals surface area contributed by atoms with E-state index in [1.54, 1.807) is 27.7 Å². The van der Waals surface area contributed by atoms with Crippen LogP contribution in [0.2, 0.25) is 0 Å². The van der Waals surface area contributed by atoms with Crippen molar-refractivity contribution in [1.29, 1.82) is 0 Å². The topological polar surface area (TPSA) is 52.2 Å². The molecule has 5 rings (SSSR count). The van der Waals surface area contributed by atoms with Gasteiger partial charge < -0.3 is 0 Å². The molecule has 7 heteroatoms. The zero-order chi connectivity index (χ0) is 19.3. The van der Waals surface area contributed by atoms with Crippen LogP contribution in [0.25, 0.3) is 21.7 Å². The van der Waals surface area contributed by atoms with Crippen LogP contribution < -0.4 is 5.56 Å². The molecule has 3 aromatic heterocycles. The van der Waals surface area contributed by atoms with Gasteiger partial charge in [0.15, 0.2) is 5.16 Å². The third-order valence-electron chi connectivity index (χ3n) is 5.28. The van der Waals surface area contributed by atoms with Crippen molar-refractivity contribution in [3.63, 3.8) is 0 Å². The smallest absolute Gasteiger partial charge is 0.268 e. The second kappa shape index (κ2) is 6.90. The van der Waals surface area contributed by atoms with Gasteiger partial charge in [-0.15, -0.1) is 28.1 Å². The van der Waals surface area contributed by atoms with E-state index < -0.39 is 0 Å². The Labute approximate surface area is 170 Å². The Morgan fingerprint density at radius 2 is 2.07 bits per heavy atom. The van der Waals surface area contributed by atoms with Crippen LogP contribution in [-0.2, 0) is 12.8 Å². The van der Waals surface area contributed by atoms with Crippen LogP contribution >= 0.6 is 23.1 Å². The van der Waals surface area contributed by atoms with Crippen molar-refractivity contribution in [2.45, 2.75) is 37.8 Å². The zero-order valence-electron chi connectivity index (χ0n) is 15.6. The number of thioether (sulfide) groups is 1. The number of hydrogen-bond acceptors (Lipinski definition) is 5. The predicted octanol–water partition coefficient (Wildman–Crippen LogP) is 4.56. The maximum atomic E-state index is 13.7. The Bertz CT molecular complexity index is 1280. The molecule has 0 spiro atoms. The number of thiophene rings is 1. The van der Waals surface area contributed by atoms with Gasteiger partial charge in [-0.3, -0.25) is 4.79 Å². The van der Waals surface area contributed by atoms with Crippen LogP contribution in [0.15, 0.2) is 46.9 Å². The maximum Gasteiger partial charge on any atom is 0.268 e. The number of nitrogens with zero attached hydrogens (tertiary/aromatic N) is 4. The molecule has 142 valence electrons. The molecular formula is C21H20N4OS2. The highest BCUT2D eigenvalue weighted by Crippen LogP contribution is 2.36. The molecule has 0 radical (unpaired) electrons. The van der Waals surface area contributed by atoms with E-state index in [0.29, 0.717) is 5.78 Å². The summed E-state index contributed by atoms with van der Waals surface area (Å²) in [5, 5.41) is 10.5.